The second-order valence-electron chi connectivity index (χ2n) is 14.2. The number of sulfonamides is 1. The third kappa shape index (κ3) is 12.7. The Kier molecular flexibility index (Phi) is 17.3. The fourth-order valence-electron chi connectivity index (χ4n) is 6.01. The van der Waals surface area contributed by atoms with Crippen LogP contribution in [0.4, 0.5) is 5.69 Å². The monoisotopic (exact) mass is 984 g/mol. The minimum absolute atomic E-state index is 0.0948. The van der Waals surface area contributed by atoms with Gasteiger partial charge in [0, 0.05) is 5.69 Å². The van der Waals surface area contributed by atoms with E-state index in [1.54, 1.807) is 158 Å². The van der Waals surface area contributed by atoms with Gasteiger partial charge in [0.2, 0.25) is 0 Å². The van der Waals surface area contributed by atoms with Crippen LogP contribution >= 0.6 is 16.1 Å². The van der Waals surface area contributed by atoms with E-state index in [2.05, 4.69) is 0 Å². The molecule has 0 aliphatic rings. The molecule has 14 nitrogen and oxygen atoms in total. The maximum atomic E-state index is 14.2. The summed E-state index contributed by atoms with van der Waals surface area (Å²) in [6.45, 7) is 3.68. The normalized spacial score (nSPS) is 11.3. The predicted molar refractivity (Wildman–Crippen MR) is 261 cm³/mol. The Morgan fingerprint density at radius 3 is 1.13 bits per heavy atom. The zero-order chi connectivity index (χ0) is 48.0. The summed E-state index contributed by atoms with van der Waals surface area (Å²) < 4.78 is 102. The third-order valence-corrected chi connectivity index (χ3v) is 17.6. The van der Waals surface area contributed by atoms with Crippen LogP contribution in [0.5, 0.6) is 46.0 Å². The van der Waals surface area contributed by atoms with Crippen LogP contribution in [-0.2, 0) is 26.0 Å². The van der Waals surface area contributed by atoms with E-state index in [-0.39, 0.29) is 27.8 Å². The van der Waals surface area contributed by atoms with Gasteiger partial charge in [-0.3, -0.25) is 0 Å². The van der Waals surface area contributed by atoms with E-state index in [4.69, 9.17) is 42.8 Å². The SMILES string of the molecule is COc1ccccc1OP(Oc1ccccc1OC)N(Cc1ccccc1N)S(=O)(=O)c1ccc(C)cc1.COc1ccccc1OP(Oc1ccccc1OC)S(=O)(=O)c1ccc(C)cc1. The van der Waals surface area contributed by atoms with Crippen LogP contribution in [0.1, 0.15) is 16.7 Å². The maximum absolute atomic E-state index is 14.2. The molecule has 0 heterocycles. The molecule has 0 saturated heterocycles. The molecule has 0 aliphatic carbocycles. The first kappa shape index (κ1) is 49.9. The molecular formula is C49H50N2O12P2S2. The van der Waals surface area contributed by atoms with Crippen LogP contribution in [0, 0.1) is 13.8 Å². The van der Waals surface area contributed by atoms with Gasteiger partial charge in [-0.2, -0.15) is 0 Å². The molecule has 350 valence electrons. The quantitative estimate of drug-likeness (QED) is 0.0600. The molecule has 0 unspecified atom stereocenters. The lowest BCUT2D eigenvalue weighted by atomic mass is 10.2. The number of nitrogen functional groups attached to an aromatic ring is 1. The zero-order valence-corrected chi connectivity index (χ0v) is 40.9. The summed E-state index contributed by atoms with van der Waals surface area (Å²) in [6.07, 6.45) is 0. The molecule has 0 atom stereocenters. The predicted octanol–water partition coefficient (Wildman–Crippen LogP) is 11.3. The van der Waals surface area contributed by atoms with Gasteiger partial charge in [0.1, 0.15) is 0 Å². The molecule has 0 aromatic heterocycles. The molecule has 7 aromatic carbocycles. The lowest BCUT2D eigenvalue weighted by Crippen LogP contribution is -2.30. The molecule has 7 aromatic rings. The minimum atomic E-state index is -4.14. The average Bonchev–Trinajstić information content (AvgIpc) is 3.34. The summed E-state index contributed by atoms with van der Waals surface area (Å²) in [5, 5.41) is 0. The number of para-hydroxylation sites is 9. The van der Waals surface area contributed by atoms with E-state index in [9.17, 15) is 16.8 Å². The molecule has 0 spiro atoms. The highest BCUT2D eigenvalue weighted by Crippen LogP contribution is 2.54. The van der Waals surface area contributed by atoms with E-state index >= 15 is 0 Å². The Morgan fingerprint density at radius 1 is 0.433 bits per heavy atom. The van der Waals surface area contributed by atoms with E-state index in [0.717, 1.165) is 11.1 Å². The van der Waals surface area contributed by atoms with Gasteiger partial charge >= 0.3 is 16.1 Å². The van der Waals surface area contributed by atoms with Crippen molar-refractivity contribution in [2.75, 3.05) is 34.2 Å². The number of anilines is 1. The van der Waals surface area contributed by atoms with Crippen molar-refractivity contribution in [1.82, 2.24) is 4.08 Å². The van der Waals surface area contributed by atoms with E-state index < -0.39 is 35.6 Å². The molecule has 0 fully saturated rings. The maximum Gasteiger partial charge on any atom is 0.427 e. The summed E-state index contributed by atoms with van der Waals surface area (Å²) in [7, 11) is -6.92. The summed E-state index contributed by atoms with van der Waals surface area (Å²) in [4.78, 5) is 0.205. The molecule has 0 amide bonds. The van der Waals surface area contributed by atoms with Crippen molar-refractivity contribution in [2.24, 2.45) is 0 Å². The number of nitrogens with zero attached hydrogens (tertiary/aromatic N) is 1. The van der Waals surface area contributed by atoms with Crippen LogP contribution in [-0.4, -0.2) is 49.4 Å². The first-order chi connectivity index (χ1) is 32.3. The first-order valence-electron chi connectivity index (χ1n) is 20.4. The van der Waals surface area contributed by atoms with Crippen molar-refractivity contribution in [2.45, 2.75) is 30.2 Å². The second-order valence-corrected chi connectivity index (χ2v) is 22.2. The smallest absolute Gasteiger partial charge is 0.427 e. The standard InChI is InChI=1S/C28H29N2O6PS.C21H21O6PS/c1-21-16-18-23(19-17-21)38(31,32)30(20-22-10-4-5-11-24(22)29)37(35-27-14-8-6-12-25(27)33-2)36-28-15-9-7-13-26(28)34-3;1-16-12-14-17(15-13-16)29(22,23)28(26-20-10-6-4-8-18(20)24-2)27-21-11-7-5-9-19(21)25-3/h4-19H,20,29H2,1-3H3;4-15H,1-3H3. The molecule has 0 saturated carbocycles. The summed E-state index contributed by atoms with van der Waals surface area (Å²) in [5.41, 5.74) is 9.16. The Bertz CT molecular complexity index is 2850. The number of rotatable bonds is 19. The largest absolute Gasteiger partial charge is 0.493 e. The number of aryl methyl sites for hydroxylation is 2. The number of nitrogens with two attached hydrogens (primary N) is 1. The first-order valence-corrected chi connectivity index (χ1v) is 26.2. The Labute approximate surface area is 394 Å². The van der Waals surface area contributed by atoms with Gasteiger partial charge in [-0.05, 0) is 98.3 Å². The highest BCUT2D eigenvalue weighted by molar-refractivity contribution is 8.47. The second kappa shape index (κ2) is 23.3. The molecule has 0 aliphatic heterocycles. The van der Waals surface area contributed by atoms with Gasteiger partial charge in [0.05, 0.1) is 44.8 Å². The number of hydrogen-bond donors (Lipinski definition) is 1. The molecule has 2 N–H and O–H groups in total. The van der Waals surface area contributed by atoms with Crippen molar-refractivity contribution in [1.29, 1.82) is 0 Å². The topological polar surface area (TPSA) is 171 Å². The van der Waals surface area contributed by atoms with Crippen molar-refractivity contribution in [3.63, 3.8) is 0 Å². The van der Waals surface area contributed by atoms with E-state index in [1.807, 2.05) is 13.8 Å². The Hall–Kier alpha value is -6.54. The van der Waals surface area contributed by atoms with Crippen LogP contribution in [0.15, 0.2) is 180 Å². The van der Waals surface area contributed by atoms with Gasteiger partial charge in [-0.25, -0.2) is 16.8 Å². The van der Waals surface area contributed by atoms with Gasteiger partial charge < -0.3 is 42.8 Å². The van der Waals surface area contributed by atoms with Crippen LogP contribution in [0.2, 0.25) is 0 Å². The van der Waals surface area contributed by atoms with Gasteiger partial charge in [0.25, 0.3) is 19.5 Å². The Balaban J connectivity index is 0.000000229. The fourth-order valence-corrected chi connectivity index (χ4v) is 12.8. The van der Waals surface area contributed by atoms with E-state index in [0.29, 0.717) is 45.7 Å². The lowest BCUT2D eigenvalue weighted by Gasteiger charge is -2.29. The molecule has 18 heteroatoms. The summed E-state index contributed by atoms with van der Waals surface area (Å²) in [6, 6.07) is 47.8. The summed E-state index contributed by atoms with van der Waals surface area (Å²) in [5.74, 6) is 2.84. The van der Waals surface area contributed by atoms with E-state index in [1.165, 1.54) is 44.6 Å². The molecular weight excluding hydrogens is 935 g/mol. The van der Waals surface area contributed by atoms with Gasteiger partial charge in [-0.15, -0.1) is 4.08 Å². The van der Waals surface area contributed by atoms with Crippen molar-refractivity contribution >= 4 is 41.3 Å². The van der Waals surface area contributed by atoms with Crippen molar-refractivity contribution < 1.29 is 53.9 Å². The summed E-state index contributed by atoms with van der Waals surface area (Å²) >= 11 is 0. The molecule has 0 bridgehead atoms. The zero-order valence-electron chi connectivity index (χ0n) is 37.5. The fraction of sp³-hybridized carbons (Fsp3) is 0.143. The highest BCUT2D eigenvalue weighted by Gasteiger charge is 2.39. The number of methoxy groups -OCH3 is 4. The molecule has 0 radical (unpaired) electrons. The number of ether oxygens (including phenoxy) is 4. The average molecular weight is 985 g/mol. The minimum Gasteiger partial charge on any atom is -0.493 e. The third-order valence-electron chi connectivity index (χ3n) is 9.63. The van der Waals surface area contributed by atoms with Gasteiger partial charge in [-0.1, -0.05) is 102 Å². The Morgan fingerprint density at radius 2 is 0.761 bits per heavy atom. The van der Waals surface area contributed by atoms with Gasteiger partial charge in [0.15, 0.2) is 46.0 Å². The van der Waals surface area contributed by atoms with Crippen LogP contribution in [0.3, 0.4) is 0 Å². The number of benzene rings is 7. The molecule has 67 heavy (non-hydrogen) atoms. The number of hydrogen-bond acceptors (Lipinski definition) is 13. The highest BCUT2D eigenvalue weighted by atomic mass is 32.8. The van der Waals surface area contributed by atoms with Crippen molar-refractivity contribution in [3.05, 3.63) is 187 Å². The van der Waals surface area contributed by atoms with Crippen LogP contribution < -0.4 is 42.8 Å². The lowest BCUT2D eigenvalue weighted by molar-refractivity contribution is 0.362. The molecule has 7 rings (SSSR count). The van der Waals surface area contributed by atoms with Crippen molar-refractivity contribution in [3.8, 4) is 46.0 Å². The van der Waals surface area contributed by atoms with Crippen LogP contribution in [0.25, 0.3) is 0 Å².